The first-order valence-electron chi connectivity index (χ1n) is 0. The van der Waals surface area contributed by atoms with Gasteiger partial charge in [-0.3, -0.25) is 0 Å². The maximum atomic E-state index is 0. The second-order valence-electron chi connectivity index (χ2n) is 0. The third-order valence-electron chi connectivity index (χ3n) is 0. The normalized spacial score (nSPS) is 0. The molecule has 0 aromatic rings. The van der Waals surface area contributed by atoms with Gasteiger partial charge >= 0.3 is 116 Å². The summed E-state index contributed by atoms with van der Waals surface area (Å²) in [7, 11) is 0. The molecule has 14 valence electrons. The van der Waals surface area contributed by atoms with Gasteiger partial charge in [0.1, 0.15) is 0 Å². The summed E-state index contributed by atoms with van der Waals surface area (Å²) in [6, 6.07) is 0. The van der Waals surface area contributed by atoms with Crippen molar-refractivity contribution < 1.29 is 76.0 Å². The smallest absolute Gasteiger partial charge is 1.00 e. The van der Waals surface area contributed by atoms with E-state index in [9.17, 15) is 0 Å². The molecular weight excluding hydrogens is 161 g/mol. The van der Waals surface area contributed by atoms with Gasteiger partial charge < -0.3 is 5.71 Å². The van der Waals surface area contributed by atoms with Crippen molar-refractivity contribution in [3.8, 4) is 0 Å². The zero-order valence-corrected chi connectivity index (χ0v) is 9.31. The van der Waals surface area contributed by atoms with Gasteiger partial charge in [-0.1, -0.05) is 0 Å². The molecule has 0 spiro atoms. The van der Waals surface area contributed by atoms with Gasteiger partial charge in [-0.15, -0.1) is 0 Å². The Labute approximate surface area is 135 Å². The summed E-state index contributed by atoms with van der Waals surface area (Å²) in [6.45, 7) is 0. The van der Waals surface area contributed by atoms with E-state index in [4.69, 9.17) is 0 Å². The molecule has 0 bridgehead atoms. The topological polar surface area (TPSA) is 0 Å². The fourth-order valence-corrected chi connectivity index (χ4v) is 0. The second-order valence-corrected chi connectivity index (χ2v) is 0. The van der Waals surface area contributed by atoms with E-state index in [0.717, 1.165) is 0 Å². The van der Waals surface area contributed by atoms with E-state index in [0.29, 0.717) is 0 Å². The van der Waals surface area contributed by atoms with E-state index in [1.54, 1.807) is 0 Å². The Morgan fingerprint density at radius 2 is 1.25 bits per heavy atom. The molecule has 4 heteroatoms. The van der Waals surface area contributed by atoms with Gasteiger partial charge in [0.2, 0.25) is 0 Å². The van der Waals surface area contributed by atoms with Gasteiger partial charge in [0.25, 0.3) is 0 Å². The van der Waals surface area contributed by atoms with Gasteiger partial charge in [0.05, 0.1) is 0 Å². The molecule has 0 radical (unpaired) electrons. The van der Waals surface area contributed by atoms with Gasteiger partial charge in [0.15, 0.2) is 17.4 Å². The first kappa shape index (κ1) is 24.0. The summed E-state index contributed by atoms with van der Waals surface area (Å²) in [5.41, 5.74) is 0. The Kier molecular flexibility index (Phi) is 94.1. The molecule has 0 heterocycles. The van der Waals surface area contributed by atoms with Crippen LogP contribution in [0.15, 0.2) is 0 Å². The molecule has 0 saturated heterocycles. The number of hydrogen-bond acceptors (Lipinski definition) is 0. The molecule has 0 N–H and O–H groups in total. The molecule has 0 rings (SSSR count). The minimum Gasteiger partial charge on any atom is -1.00 e. The molecule has 0 nitrogen and oxygen atoms in total. The molecule has 0 aliphatic carbocycles. The monoisotopic (exact) mass is 168 g/mol. The molecule has 0 fully saturated rings. The van der Waals surface area contributed by atoms with E-state index in [1.807, 2.05) is 0 Å². The Bertz CT molecular complexity index is 16.0. The molecule has 4 heavy (non-hydrogen) atoms. The van der Waals surface area contributed by atoms with Crippen molar-refractivity contribution in [2.45, 2.75) is 0 Å². The molecule has 0 amide bonds. The Hall–Kier alpha value is 4.25. The summed E-state index contributed by atoms with van der Waals surface area (Å²) in [5.74, 6) is 0. The summed E-state index contributed by atoms with van der Waals surface area (Å²) in [5, 5.41) is 0. The molecule has 0 saturated carbocycles. The first-order chi connectivity index (χ1) is 0. The zero-order chi connectivity index (χ0) is 0. The third kappa shape index (κ3) is 9.54. The molecule has 0 atom stereocenters. The van der Waals surface area contributed by atoms with Crippen LogP contribution in [0.5, 0.6) is 0 Å². The number of rotatable bonds is 0. The standard InChI is InChI=1S/Al.K.Li.Sr.7H/q;2*+1;+2;;;;4*-1. The van der Waals surface area contributed by atoms with Crippen LogP contribution in [0.4, 0.5) is 0 Å². The van der Waals surface area contributed by atoms with Crippen molar-refractivity contribution in [3.63, 3.8) is 0 Å². The molecule has 0 aromatic carbocycles. The summed E-state index contributed by atoms with van der Waals surface area (Å²) in [4.78, 5) is 0. The van der Waals surface area contributed by atoms with Crippen LogP contribution in [0, 0.1) is 0 Å². The van der Waals surface area contributed by atoms with E-state index in [1.165, 1.54) is 0 Å². The largest absolute Gasteiger partial charge is 2.00 e. The van der Waals surface area contributed by atoms with Crippen LogP contribution in [0.1, 0.15) is 5.71 Å². The van der Waals surface area contributed by atoms with Crippen LogP contribution in [0.2, 0.25) is 0 Å². The van der Waals surface area contributed by atoms with Crippen LogP contribution in [-0.2, 0) is 0 Å². The van der Waals surface area contributed by atoms with E-state index in [-0.39, 0.29) is 139 Å². The van der Waals surface area contributed by atoms with Gasteiger partial charge in [0, 0.05) is 0 Å². The minimum atomic E-state index is 0. The van der Waals surface area contributed by atoms with Crippen LogP contribution < -0.4 is 70.2 Å². The Morgan fingerprint density at radius 3 is 1.25 bits per heavy atom. The van der Waals surface area contributed by atoms with Crippen molar-refractivity contribution >= 4 is 62.8 Å². The first-order valence-corrected chi connectivity index (χ1v) is 0. The van der Waals surface area contributed by atoms with Crippen molar-refractivity contribution in [2.75, 3.05) is 0 Å². The van der Waals surface area contributed by atoms with E-state index in [2.05, 4.69) is 0 Å². The quantitative estimate of drug-likeness (QED) is 0.315. The molecular formula is H7AlKLiSr. The Morgan fingerprint density at radius 1 is 1.25 bits per heavy atom. The minimum absolute atomic E-state index is 0. The van der Waals surface area contributed by atoms with Crippen molar-refractivity contribution in [2.24, 2.45) is 0 Å². The van der Waals surface area contributed by atoms with Crippen LogP contribution in [0.25, 0.3) is 0 Å². The Balaban J connectivity index is 0. The summed E-state index contributed by atoms with van der Waals surface area (Å²) >= 11 is 0. The summed E-state index contributed by atoms with van der Waals surface area (Å²) < 4.78 is 0. The van der Waals surface area contributed by atoms with Gasteiger partial charge in [-0.2, -0.15) is 0 Å². The average Bonchev–Trinajstić information content (AvgIpc) is 0. The molecule has 0 aromatic heterocycles. The van der Waals surface area contributed by atoms with Crippen LogP contribution >= 0.6 is 0 Å². The maximum absolute atomic E-state index is 0. The summed E-state index contributed by atoms with van der Waals surface area (Å²) in [6.07, 6.45) is 0. The van der Waals surface area contributed by atoms with Gasteiger partial charge in [-0.05, 0) is 0 Å². The molecule has 0 aliphatic heterocycles. The van der Waals surface area contributed by atoms with Crippen molar-refractivity contribution in [3.05, 3.63) is 0 Å². The second kappa shape index (κ2) is 15.7. The van der Waals surface area contributed by atoms with Crippen molar-refractivity contribution in [1.82, 2.24) is 0 Å². The fraction of sp³-hybridized carbons (Fsp3) is 0. The molecule has 0 unspecified atom stereocenters. The SMILES string of the molecule is [AlH3].[H-].[H-].[H-].[H-].[K+].[Li+].[Sr+2]. The molecule has 0 aliphatic rings. The maximum Gasteiger partial charge on any atom is 2.00 e. The van der Waals surface area contributed by atoms with Gasteiger partial charge in [-0.25, -0.2) is 0 Å². The predicted molar refractivity (Wildman–Crippen MR) is 20.1 cm³/mol. The van der Waals surface area contributed by atoms with E-state index >= 15 is 0 Å². The zero-order valence-electron chi connectivity index (χ0n) is 6.71. The number of hydrogen-bond donors (Lipinski definition) is 0. The average molecular weight is 168 g/mol. The third-order valence-corrected chi connectivity index (χ3v) is 0. The van der Waals surface area contributed by atoms with E-state index < -0.39 is 0 Å². The fourth-order valence-electron chi connectivity index (χ4n) is 0. The van der Waals surface area contributed by atoms with Crippen molar-refractivity contribution in [1.29, 1.82) is 0 Å². The predicted octanol–water partition coefficient (Wildman–Crippen LogP) is -7.11. The van der Waals surface area contributed by atoms with Crippen LogP contribution in [-0.4, -0.2) is 62.8 Å². The van der Waals surface area contributed by atoms with Crippen LogP contribution in [0.3, 0.4) is 0 Å².